The van der Waals surface area contributed by atoms with Gasteiger partial charge in [-0.2, -0.15) is 0 Å². The zero-order valence-electron chi connectivity index (χ0n) is 20.9. The summed E-state index contributed by atoms with van der Waals surface area (Å²) in [6.45, 7) is 6.99. The Kier molecular flexibility index (Phi) is 6.23. The number of rotatable bonds is 6. The van der Waals surface area contributed by atoms with E-state index in [0.29, 0.717) is 31.9 Å². The van der Waals surface area contributed by atoms with Crippen molar-refractivity contribution in [2.24, 2.45) is 0 Å². The topological polar surface area (TPSA) is 112 Å². The van der Waals surface area contributed by atoms with Crippen LogP contribution >= 0.6 is 0 Å². The third-order valence-corrected chi connectivity index (χ3v) is 8.07. The van der Waals surface area contributed by atoms with Crippen LogP contribution in [-0.4, -0.2) is 60.1 Å². The standard InChI is InChI=1S/C26H32N6O3S/c1-26(2)9-12-31(13-14-36(3,34)35)22-15-18(6-7-20(22)26)30-24-19-8-11-32(16-21(19)28-17-29-24)25-23(33)5-4-10-27-25/h4-7,10,15,17,33H,8-9,11-14,16H2,1-3H3,(H,28,29,30). The van der Waals surface area contributed by atoms with E-state index in [0.717, 1.165) is 41.4 Å². The molecule has 0 spiro atoms. The van der Waals surface area contributed by atoms with Crippen molar-refractivity contribution in [3.63, 3.8) is 0 Å². The molecular formula is C26H32N6O3S. The van der Waals surface area contributed by atoms with Crippen molar-refractivity contribution in [1.82, 2.24) is 15.0 Å². The third-order valence-electron chi connectivity index (χ3n) is 7.14. The highest BCUT2D eigenvalue weighted by molar-refractivity contribution is 7.90. The molecule has 2 aromatic heterocycles. The highest BCUT2D eigenvalue weighted by atomic mass is 32.2. The van der Waals surface area contributed by atoms with E-state index < -0.39 is 9.84 Å². The van der Waals surface area contributed by atoms with E-state index in [1.165, 1.54) is 11.8 Å². The first-order chi connectivity index (χ1) is 17.1. The van der Waals surface area contributed by atoms with Crippen LogP contribution in [0.25, 0.3) is 0 Å². The largest absolute Gasteiger partial charge is 0.504 e. The Bertz CT molecular complexity index is 1390. The second kappa shape index (κ2) is 9.24. The zero-order valence-corrected chi connectivity index (χ0v) is 21.7. The monoisotopic (exact) mass is 508 g/mol. The van der Waals surface area contributed by atoms with Gasteiger partial charge in [-0.25, -0.2) is 23.4 Å². The van der Waals surface area contributed by atoms with Crippen molar-refractivity contribution < 1.29 is 13.5 Å². The molecule has 0 saturated heterocycles. The molecule has 1 aromatic carbocycles. The first-order valence-corrected chi connectivity index (χ1v) is 14.2. The fraction of sp³-hybridized carbons (Fsp3) is 0.423. The van der Waals surface area contributed by atoms with Crippen LogP contribution < -0.4 is 15.1 Å². The zero-order chi connectivity index (χ0) is 25.5. The van der Waals surface area contributed by atoms with E-state index in [1.54, 1.807) is 24.7 Å². The Labute approximate surface area is 212 Å². The summed E-state index contributed by atoms with van der Waals surface area (Å²) in [5, 5.41) is 13.7. The molecule has 0 bridgehead atoms. The average Bonchev–Trinajstić information content (AvgIpc) is 2.83. The molecule has 0 amide bonds. The van der Waals surface area contributed by atoms with E-state index in [-0.39, 0.29) is 16.9 Å². The maximum absolute atomic E-state index is 11.8. The number of anilines is 4. The minimum Gasteiger partial charge on any atom is -0.504 e. The van der Waals surface area contributed by atoms with Crippen molar-refractivity contribution in [3.05, 3.63) is 59.7 Å². The number of sulfone groups is 1. The van der Waals surface area contributed by atoms with Gasteiger partial charge in [0.2, 0.25) is 0 Å². The van der Waals surface area contributed by atoms with E-state index >= 15 is 0 Å². The van der Waals surface area contributed by atoms with Gasteiger partial charge in [-0.15, -0.1) is 0 Å². The molecule has 2 aliphatic rings. The van der Waals surface area contributed by atoms with Crippen LogP contribution in [0.1, 0.15) is 37.1 Å². The Morgan fingerprint density at radius 2 is 1.97 bits per heavy atom. The molecule has 3 aromatic rings. The third kappa shape index (κ3) is 4.95. The normalized spacial score (nSPS) is 16.9. The summed E-state index contributed by atoms with van der Waals surface area (Å²) in [5.41, 5.74) is 5.17. The van der Waals surface area contributed by atoms with Gasteiger partial charge in [0.25, 0.3) is 0 Å². The van der Waals surface area contributed by atoms with Gasteiger partial charge in [0.15, 0.2) is 11.6 Å². The lowest BCUT2D eigenvalue weighted by atomic mass is 9.77. The minimum absolute atomic E-state index is 0.0179. The number of fused-ring (bicyclic) bond motifs is 2. The average molecular weight is 509 g/mol. The minimum atomic E-state index is -3.05. The fourth-order valence-corrected chi connectivity index (χ4v) is 5.58. The molecule has 0 radical (unpaired) electrons. The van der Waals surface area contributed by atoms with Crippen LogP contribution in [0.5, 0.6) is 5.75 Å². The quantitative estimate of drug-likeness (QED) is 0.517. The number of pyridine rings is 1. The molecule has 2 aliphatic heterocycles. The summed E-state index contributed by atoms with van der Waals surface area (Å²) >= 11 is 0. The second-order valence-electron chi connectivity index (χ2n) is 10.3. The van der Waals surface area contributed by atoms with Crippen LogP contribution in [0, 0.1) is 0 Å². The predicted octanol–water partition coefficient (Wildman–Crippen LogP) is 3.42. The highest BCUT2D eigenvalue weighted by Gasteiger charge is 2.32. The molecule has 0 aliphatic carbocycles. The number of nitrogens with one attached hydrogen (secondary N) is 1. The molecule has 190 valence electrons. The summed E-state index contributed by atoms with van der Waals surface area (Å²) in [5.74, 6) is 1.61. The van der Waals surface area contributed by atoms with Crippen molar-refractivity contribution in [2.75, 3.05) is 46.8 Å². The summed E-state index contributed by atoms with van der Waals surface area (Å²) in [6.07, 6.45) is 6.20. The molecular weight excluding hydrogens is 476 g/mol. The highest BCUT2D eigenvalue weighted by Crippen LogP contribution is 2.41. The van der Waals surface area contributed by atoms with Crippen LogP contribution in [0.15, 0.2) is 42.9 Å². The van der Waals surface area contributed by atoms with Crippen molar-refractivity contribution in [1.29, 1.82) is 0 Å². The Hall–Kier alpha value is -3.40. The lowest BCUT2D eigenvalue weighted by Gasteiger charge is -2.40. The molecule has 0 fully saturated rings. The molecule has 10 heteroatoms. The lowest BCUT2D eigenvalue weighted by molar-refractivity contribution is 0.456. The molecule has 2 N–H and O–H groups in total. The van der Waals surface area contributed by atoms with Gasteiger partial charge >= 0.3 is 0 Å². The maximum Gasteiger partial charge on any atom is 0.171 e. The van der Waals surface area contributed by atoms with Gasteiger partial charge in [0.05, 0.1) is 18.0 Å². The lowest BCUT2D eigenvalue weighted by Crippen LogP contribution is -2.39. The van der Waals surface area contributed by atoms with Gasteiger partial charge < -0.3 is 20.2 Å². The number of nitrogens with zero attached hydrogens (tertiary/aromatic N) is 5. The molecule has 5 rings (SSSR count). The van der Waals surface area contributed by atoms with E-state index in [9.17, 15) is 13.5 Å². The Morgan fingerprint density at radius 1 is 1.14 bits per heavy atom. The predicted molar refractivity (Wildman–Crippen MR) is 142 cm³/mol. The number of benzene rings is 1. The SMILES string of the molecule is CC1(C)CCN(CCS(C)(=O)=O)c2cc(Nc3ncnc4c3CCN(c3ncccc3O)C4)ccc21. The van der Waals surface area contributed by atoms with E-state index in [4.69, 9.17) is 0 Å². The maximum atomic E-state index is 11.8. The van der Waals surface area contributed by atoms with Crippen molar-refractivity contribution in [2.45, 2.75) is 38.6 Å². The number of hydrogen-bond donors (Lipinski definition) is 2. The van der Waals surface area contributed by atoms with Crippen LogP contribution in [0.4, 0.5) is 23.0 Å². The van der Waals surface area contributed by atoms with Crippen LogP contribution in [0.2, 0.25) is 0 Å². The molecule has 9 nitrogen and oxygen atoms in total. The van der Waals surface area contributed by atoms with E-state index in [2.05, 4.69) is 57.2 Å². The number of aromatic hydroxyl groups is 1. The molecule has 0 saturated carbocycles. The molecule has 36 heavy (non-hydrogen) atoms. The Balaban J connectivity index is 1.41. The second-order valence-corrected chi connectivity index (χ2v) is 12.5. The van der Waals surface area contributed by atoms with Crippen LogP contribution in [0.3, 0.4) is 0 Å². The molecule has 0 atom stereocenters. The Morgan fingerprint density at radius 3 is 2.75 bits per heavy atom. The van der Waals surface area contributed by atoms with Gasteiger partial charge in [0.1, 0.15) is 22.0 Å². The summed E-state index contributed by atoms with van der Waals surface area (Å²) < 4.78 is 23.6. The summed E-state index contributed by atoms with van der Waals surface area (Å²) in [4.78, 5) is 17.6. The van der Waals surface area contributed by atoms with Crippen molar-refractivity contribution >= 4 is 32.8 Å². The molecule has 4 heterocycles. The van der Waals surface area contributed by atoms with Gasteiger partial charge in [-0.3, -0.25) is 0 Å². The fourth-order valence-electron chi connectivity index (χ4n) is 5.03. The number of hydrogen-bond acceptors (Lipinski definition) is 9. The van der Waals surface area contributed by atoms with E-state index in [1.807, 2.05) is 4.90 Å². The first-order valence-electron chi connectivity index (χ1n) is 12.2. The van der Waals surface area contributed by atoms with Crippen molar-refractivity contribution in [3.8, 4) is 5.75 Å². The first kappa shape index (κ1) is 24.3. The van der Waals surface area contributed by atoms with Gasteiger partial charge in [-0.1, -0.05) is 19.9 Å². The summed E-state index contributed by atoms with van der Waals surface area (Å²) in [6, 6.07) is 9.66. The van der Waals surface area contributed by atoms with Gasteiger partial charge in [0, 0.05) is 49.0 Å². The molecule has 0 unspecified atom stereocenters. The number of aromatic nitrogens is 3. The smallest absolute Gasteiger partial charge is 0.171 e. The van der Waals surface area contributed by atoms with Gasteiger partial charge in [-0.05, 0) is 48.1 Å². The summed E-state index contributed by atoms with van der Waals surface area (Å²) in [7, 11) is -3.05. The van der Waals surface area contributed by atoms with Crippen LogP contribution in [-0.2, 0) is 28.2 Å².